The highest BCUT2D eigenvalue weighted by molar-refractivity contribution is 5.25. The van der Waals surface area contributed by atoms with E-state index in [4.69, 9.17) is 0 Å². The van der Waals surface area contributed by atoms with Gasteiger partial charge in [0.2, 0.25) is 0 Å². The summed E-state index contributed by atoms with van der Waals surface area (Å²) in [5.74, 6) is 1.81. The van der Waals surface area contributed by atoms with Gasteiger partial charge in [-0.05, 0) is 24.7 Å². The van der Waals surface area contributed by atoms with E-state index in [1.807, 2.05) is 0 Å². The Morgan fingerprint density at radius 3 is 1.48 bits per heavy atom. The molecule has 0 spiro atoms. The number of rotatable bonds is 12. The number of unbranched alkanes of at least 4 members (excludes halogenated alkanes) is 2. The maximum Gasteiger partial charge on any atom is 0.00724 e. The third-order valence-electron chi connectivity index (χ3n) is 5.39. The van der Waals surface area contributed by atoms with Crippen LogP contribution in [0.2, 0.25) is 0 Å². The maximum atomic E-state index is 2.51. The lowest BCUT2D eigenvalue weighted by Crippen LogP contribution is -2.22. The molecule has 0 amide bonds. The van der Waals surface area contributed by atoms with Crippen LogP contribution in [0, 0.1) is 17.3 Å². The van der Waals surface area contributed by atoms with Crippen molar-refractivity contribution in [2.24, 2.45) is 17.3 Å². The van der Waals surface area contributed by atoms with Crippen molar-refractivity contribution < 1.29 is 0 Å². The average Bonchev–Trinajstić information content (AvgIpc) is 2.96. The van der Waals surface area contributed by atoms with Crippen molar-refractivity contribution in [2.75, 3.05) is 0 Å². The molecule has 0 aromatic rings. The van der Waals surface area contributed by atoms with Crippen molar-refractivity contribution in [3.05, 3.63) is 24.3 Å². The predicted molar refractivity (Wildman–Crippen MR) is 96.6 cm³/mol. The molecule has 0 saturated carbocycles. The molecular formula is C21H38. The van der Waals surface area contributed by atoms with Gasteiger partial charge in [-0.15, -0.1) is 0 Å². The van der Waals surface area contributed by atoms with Crippen LogP contribution in [0.5, 0.6) is 0 Å². The van der Waals surface area contributed by atoms with Gasteiger partial charge in [0.15, 0.2) is 0 Å². The highest BCUT2D eigenvalue weighted by Gasteiger charge is 2.31. The molecule has 0 aliphatic heterocycles. The van der Waals surface area contributed by atoms with Gasteiger partial charge < -0.3 is 0 Å². The Morgan fingerprint density at radius 2 is 1.14 bits per heavy atom. The molecule has 2 unspecified atom stereocenters. The Hall–Kier alpha value is -0.520. The van der Waals surface area contributed by atoms with Crippen LogP contribution in [0.3, 0.4) is 0 Å². The third-order valence-corrected chi connectivity index (χ3v) is 5.39. The molecule has 0 aromatic carbocycles. The van der Waals surface area contributed by atoms with Crippen molar-refractivity contribution in [1.82, 2.24) is 0 Å². The van der Waals surface area contributed by atoms with Crippen molar-refractivity contribution in [1.29, 1.82) is 0 Å². The molecule has 1 aliphatic rings. The van der Waals surface area contributed by atoms with Crippen LogP contribution < -0.4 is 0 Å². The summed E-state index contributed by atoms with van der Waals surface area (Å²) in [7, 11) is 0. The Labute approximate surface area is 134 Å². The third kappa shape index (κ3) is 6.41. The summed E-state index contributed by atoms with van der Waals surface area (Å²) in [6.45, 7) is 9.39. The summed E-state index contributed by atoms with van der Waals surface area (Å²) in [6, 6.07) is 0. The SMILES string of the molecule is CCCCC(CC)CC1(CC(CC)CCCC)C=CC=C1. The molecule has 21 heavy (non-hydrogen) atoms. The average molecular weight is 291 g/mol. The molecule has 122 valence electrons. The van der Waals surface area contributed by atoms with Crippen LogP contribution in [0.4, 0.5) is 0 Å². The first-order valence-corrected chi connectivity index (χ1v) is 9.56. The molecule has 0 N–H and O–H groups in total. The number of allylic oxidation sites excluding steroid dienone is 4. The normalized spacial score (nSPS) is 19.0. The van der Waals surface area contributed by atoms with Gasteiger partial charge in [-0.2, -0.15) is 0 Å². The van der Waals surface area contributed by atoms with E-state index in [1.165, 1.54) is 64.2 Å². The molecular weight excluding hydrogens is 252 g/mol. The van der Waals surface area contributed by atoms with Gasteiger partial charge in [0.1, 0.15) is 0 Å². The molecule has 1 rings (SSSR count). The minimum atomic E-state index is 0.378. The van der Waals surface area contributed by atoms with Gasteiger partial charge in [-0.25, -0.2) is 0 Å². The van der Waals surface area contributed by atoms with E-state index in [2.05, 4.69) is 52.0 Å². The van der Waals surface area contributed by atoms with Crippen molar-refractivity contribution >= 4 is 0 Å². The first kappa shape index (κ1) is 18.5. The quantitative estimate of drug-likeness (QED) is 0.353. The molecule has 0 nitrogen and oxygen atoms in total. The predicted octanol–water partition coefficient (Wildman–Crippen LogP) is 7.31. The zero-order valence-corrected chi connectivity index (χ0v) is 15.0. The van der Waals surface area contributed by atoms with Gasteiger partial charge in [0, 0.05) is 5.41 Å². The van der Waals surface area contributed by atoms with Crippen molar-refractivity contribution in [3.8, 4) is 0 Å². The van der Waals surface area contributed by atoms with Crippen LogP contribution in [-0.4, -0.2) is 0 Å². The molecule has 0 saturated heterocycles. The van der Waals surface area contributed by atoms with Gasteiger partial charge in [-0.3, -0.25) is 0 Å². The van der Waals surface area contributed by atoms with E-state index in [9.17, 15) is 0 Å². The summed E-state index contributed by atoms with van der Waals surface area (Å²) in [6.07, 6.45) is 23.3. The first-order chi connectivity index (χ1) is 10.2. The van der Waals surface area contributed by atoms with Crippen LogP contribution in [-0.2, 0) is 0 Å². The zero-order valence-electron chi connectivity index (χ0n) is 15.0. The van der Waals surface area contributed by atoms with E-state index in [1.54, 1.807) is 0 Å². The van der Waals surface area contributed by atoms with E-state index < -0.39 is 0 Å². The second-order valence-electron chi connectivity index (χ2n) is 7.19. The van der Waals surface area contributed by atoms with Gasteiger partial charge in [0.25, 0.3) is 0 Å². The summed E-state index contributed by atoms with van der Waals surface area (Å²) in [5, 5.41) is 0. The Balaban J connectivity index is 2.64. The van der Waals surface area contributed by atoms with Crippen LogP contribution in [0.1, 0.15) is 91.9 Å². The van der Waals surface area contributed by atoms with Gasteiger partial charge in [0.05, 0.1) is 0 Å². The summed E-state index contributed by atoms with van der Waals surface area (Å²) in [4.78, 5) is 0. The van der Waals surface area contributed by atoms with Crippen LogP contribution in [0.15, 0.2) is 24.3 Å². The maximum absolute atomic E-state index is 2.51. The topological polar surface area (TPSA) is 0 Å². The molecule has 0 bridgehead atoms. The molecule has 0 heteroatoms. The molecule has 2 atom stereocenters. The molecule has 0 aromatic heterocycles. The minimum Gasteiger partial charge on any atom is -0.0745 e. The van der Waals surface area contributed by atoms with E-state index in [0.29, 0.717) is 5.41 Å². The van der Waals surface area contributed by atoms with E-state index >= 15 is 0 Å². The lowest BCUT2D eigenvalue weighted by atomic mass is 9.71. The smallest absolute Gasteiger partial charge is 0.00724 e. The highest BCUT2D eigenvalue weighted by Crippen LogP contribution is 2.43. The monoisotopic (exact) mass is 290 g/mol. The van der Waals surface area contributed by atoms with Gasteiger partial charge >= 0.3 is 0 Å². The highest BCUT2D eigenvalue weighted by atomic mass is 14.4. The fourth-order valence-corrected chi connectivity index (χ4v) is 3.87. The lowest BCUT2D eigenvalue weighted by Gasteiger charge is -2.33. The molecule has 1 aliphatic carbocycles. The number of hydrogen-bond donors (Lipinski definition) is 0. The van der Waals surface area contributed by atoms with E-state index in [0.717, 1.165) is 11.8 Å². The first-order valence-electron chi connectivity index (χ1n) is 9.56. The fourth-order valence-electron chi connectivity index (χ4n) is 3.87. The van der Waals surface area contributed by atoms with Gasteiger partial charge in [-0.1, -0.05) is 103 Å². The standard InChI is InChI=1S/C21H38/c1-5-9-13-19(7-3)17-21(15-11-12-16-21)18-20(8-4)14-10-6-2/h11-12,15-16,19-20H,5-10,13-14,17-18H2,1-4H3. The van der Waals surface area contributed by atoms with E-state index in [-0.39, 0.29) is 0 Å². The van der Waals surface area contributed by atoms with Crippen LogP contribution in [0.25, 0.3) is 0 Å². The molecule has 0 radical (unpaired) electrons. The zero-order chi connectivity index (χ0) is 15.6. The minimum absolute atomic E-state index is 0.378. The lowest BCUT2D eigenvalue weighted by molar-refractivity contribution is 0.248. The summed E-state index contributed by atoms with van der Waals surface area (Å²) >= 11 is 0. The Morgan fingerprint density at radius 1 is 0.714 bits per heavy atom. The van der Waals surface area contributed by atoms with Crippen LogP contribution >= 0.6 is 0 Å². The molecule has 0 heterocycles. The number of hydrogen-bond acceptors (Lipinski definition) is 0. The van der Waals surface area contributed by atoms with Crippen molar-refractivity contribution in [3.63, 3.8) is 0 Å². The second-order valence-corrected chi connectivity index (χ2v) is 7.19. The fraction of sp³-hybridized carbons (Fsp3) is 0.810. The summed E-state index contributed by atoms with van der Waals surface area (Å²) in [5.41, 5.74) is 0.378. The molecule has 0 fully saturated rings. The Bertz CT molecular complexity index is 278. The summed E-state index contributed by atoms with van der Waals surface area (Å²) < 4.78 is 0. The second kappa shape index (κ2) is 10.2. The Kier molecular flexibility index (Phi) is 9.04. The largest absolute Gasteiger partial charge is 0.0745 e. The van der Waals surface area contributed by atoms with Crippen molar-refractivity contribution in [2.45, 2.75) is 91.9 Å².